The van der Waals surface area contributed by atoms with Gasteiger partial charge in [-0.3, -0.25) is 0 Å². The molecule has 0 aliphatic carbocycles. The predicted octanol–water partition coefficient (Wildman–Crippen LogP) is 7.00. The molecule has 4 rings (SSSR count). The molecule has 0 fully saturated rings. The van der Waals surface area contributed by atoms with E-state index in [1.54, 1.807) is 0 Å². The Labute approximate surface area is 188 Å². The van der Waals surface area contributed by atoms with Crippen LogP contribution >= 0.6 is 11.6 Å². The van der Waals surface area contributed by atoms with E-state index in [4.69, 9.17) is 26.1 Å². The lowest BCUT2D eigenvalue weighted by Crippen LogP contribution is -2.12. The second-order valence-corrected chi connectivity index (χ2v) is 8.06. The van der Waals surface area contributed by atoms with Gasteiger partial charge in [0.2, 0.25) is 0 Å². The third-order valence-corrected chi connectivity index (χ3v) is 5.70. The van der Waals surface area contributed by atoms with Gasteiger partial charge in [-0.2, -0.15) is 0 Å². The fourth-order valence-electron chi connectivity index (χ4n) is 3.66. The largest absolute Gasteiger partial charge is 0.494 e. The van der Waals surface area contributed by atoms with E-state index in [-0.39, 0.29) is 6.10 Å². The number of halogens is 1. The lowest BCUT2D eigenvalue weighted by molar-refractivity contribution is 0.211. The molecule has 160 valence electrons. The second-order valence-electron chi connectivity index (χ2n) is 7.65. The van der Waals surface area contributed by atoms with Crippen molar-refractivity contribution in [3.8, 4) is 11.5 Å². The van der Waals surface area contributed by atoms with Crippen molar-refractivity contribution in [1.82, 2.24) is 9.55 Å². The molecule has 0 radical (unpaired) electrons. The molecule has 1 atom stereocenters. The van der Waals surface area contributed by atoms with Crippen molar-refractivity contribution in [1.29, 1.82) is 0 Å². The number of rotatable bonds is 9. The highest BCUT2D eigenvalue weighted by atomic mass is 35.5. The fraction of sp³-hybridized carbons (Fsp3) is 0.269. The summed E-state index contributed by atoms with van der Waals surface area (Å²) in [5.41, 5.74) is 3.16. The highest BCUT2D eigenvalue weighted by Gasteiger charge is 2.17. The van der Waals surface area contributed by atoms with E-state index < -0.39 is 0 Å². The number of para-hydroxylation sites is 3. The highest BCUT2D eigenvalue weighted by Crippen LogP contribution is 2.26. The zero-order valence-electron chi connectivity index (χ0n) is 17.9. The zero-order chi connectivity index (χ0) is 21.6. The smallest absolute Gasteiger partial charge is 0.153 e. The van der Waals surface area contributed by atoms with E-state index in [2.05, 4.69) is 29.7 Å². The van der Waals surface area contributed by atoms with Crippen molar-refractivity contribution in [2.45, 2.75) is 39.3 Å². The van der Waals surface area contributed by atoms with Crippen LogP contribution in [0.5, 0.6) is 11.5 Å². The van der Waals surface area contributed by atoms with Gasteiger partial charge in [-0.15, -0.1) is 0 Å². The first-order valence-corrected chi connectivity index (χ1v) is 11.1. The van der Waals surface area contributed by atoms with E-state index in [9.17, 15) is 0 Å². The standard InChI is InChI=1S/C26H27ClN2O2/c1-19-18-22(14-15-23(19)27)30-17-9-8-16-29-25-13-7-6-12-24(25)28-26(29)20(2)31-21-10-4-3-5-11-21/h3-7,10-15,18,20H,8-9,16-17H2,1-2H3. The molecule has 4 aromatic rings. The predicted molar refractivity (Wildman–Crippen MR) is 126 cm³/mol. The van der Waals surface area contributed by atoms with Gasteiger partial charge in [-0.1, -0.05) is 41.9 Å². The van der Waals surface area contributed by atoms with Gasteiger partial charge >= 0.3 is 0 Å². The van der Waals surface area contributed by atoms with Crippen LogP contribution in [0.25, 0.3) is 11.0 Å². The third kappa shape index (κ3) is 5.20. The van der Waals surface area contributed by atoms with Crippen LogP contribution in [0.2, 0.25) is 5.02 Å². The summed E-state index contributed by atoms with van der Waals surface area (Å²) in [7, 11) is 0. The molecule has 1 unspecified atom stereocenters. The minimum absolute atomic E-state index is 0.150. The molecule has 5 heteroatoms. The normalized spacial score (nSPS) is 12.1. The molecule has 0 aliphatic heterocycles. The fourth-order valence-corrected chi connectivity index (χ4v) is 3.78. The Balaban J connectivity index is 1.41. The van der Waals surface area contributed by atoms with E-state index in [0.29, 0.717) is 6.61 Å². The molecule has 1 aromatic heterocycles. The van der Waals surface area contributed by atoms with Gasteiger partial charge in [0.25, 0.3) is 0 Å². The molecule has 4 nitrogen and oxygen atoms in total. The van der Waals surface area contributed by atoms with Gasteiger partial charge in [0, 0.05) is 11.6 Å². The Kier molecular flexibility index (Phi) is 6.78. The monoisotopic (exact) mass is 434 g/mol. The maximum absolute atomic E-state index is 6.16. The number of hydrogen-bond donors (Lipinski definition) is 0. The van der Waals surface area contributed by atoms with Crippen molar-refractivity contribution < 1.29 is 9.47 Å². The van der Waals surface area contributed by atoms with Gasteiger partial charge in [0.1, 0.15) is 11.5 Å². The summed E-state index contributed by atoms with van der Waals surface area (Å²) in [6.07, 6.45) is 1.78. The van der Waals surface area contributed by atoms with Crippen LogP contribution in [0, 0.1) is 6.92 Å². The number of imidazole rings is 1. The van der Waals surface area contributed by atoms with Crippen LogP contribution in [-0.2, 0) is 6.54 Å². The van der Waals surface area contributed by atoms with Crippen LogP contribution < -0.4 is 9.47 Å². The number of ether oxygens (including phenoxy) is 2. The van der Waals surface area contributed by atoms with Crippen LogP contribution in [0.4, 0.5) is 0 Å². The van der Waals surface area contributed by atoms with Crippen molar-refractivity contribution in [2.75, 3.05) is 6.61 Å². The quantitative estimate of drug-likeness (QED) is 0.266. The summed E-state index contributed by atoms with van der Waals surface area (Å²) in [5, 5.41) is 0.763. The summed E-state index contributed by atoms with van der Waals surface area (Å²) >= 11 is 6.09. The van der Waals surface area contributed by atoms with Gasteiger partial charge in [-0.25, -0.2) is 4.98 Å². The van der Waals surface area contributed by atoms with E-state index in [1.165, 1.54) is 0 Å². The van der Waals surface area contributed by atoms with Gasteiger partial charge in [-0.05, 0) is 74.7 Å². The molecular weight excluding hydrogens is 408 g/mol. The summed E-state index contributed by atoms with van der Waals surface area (Å²) < 4.78 is 14.3. The van der Waals surface area contributed by atoms with Crippen LogP contribution in [0.3, 0.4) is 0 Å². The molecule has 3 aromatic carbocycles. The first-order valence-electron chi connectivity index (χ1n) is 10.7. The SMILES string of the molecule is Cc1cc(OCCCCn2c(C(C)Oc3ccccc3)nc3ccccc32)ccc1Cl. The Bertz CT molecular complexity index is 1140. The van der Waals surface area contributed by atoms with E-state index in [0.717, 1.165) is 58.3 Å². The van der Waals surface area contributed by atoms with E-state index >= 15 is 0 Å². The molecule has 31 heavy (non-hydrogen) atoms. The molecule has 0 aliphatic rings. The van der Waals surface area contributed by atoms with Crippen molar-refractivity contribution in [3.05, 3.63) is 89.2 Å². The summed E-state index contributed by atoms with van der Waals surface area (Å²) in [6, 6.07) is 23.9. The highest BCUT2D eigenvalue weighted by molar-refractivity contribution is 6.31. The van der Waals surface area contributed by atoms with Gasteiger partial charge < -0.3 is 14.0 Å². The Morgan fingerprint density at radius 1 is 0.935 bits per heavy atom. The number of aromatic nitrogens is 2. The minimum atomic E-state index is -0.150. The van der Waals surface area contributed by atoms with E-state index in [1.807, 2.05) is 61.5 Å². The molecule has 0 saturated carbocycles. The Hall–Kier alpha value is -2.98. The van der Waals surface area contributed by atoms with Crippen molar-refractivity contribution >= 4 is 22.6 Å². The average molecular weight is 435 g/mol. The molecule has 0 amide bonds. The first-order chi connectivity index (χ1) is 15.1. The van der Waals surface area contributed by atoms with Gasteiger partial charge in [0.05, 0.1) is 17.6 Å². The number of unbranched alkanes of at least 4 members (excludes halogenated alkanes) is 1. The molecule has 0 bridgehead atoms. The number of fused-ring (bicyclic) bond motifs is 1. The van der Waals surface area contributed by atoms with Crippen LogP contribution in [0.15, 0.2) is 72.8 Å². The lowest BCUT2D eigenvalue weighted by Gasteiger charge is -2.17. The van der Waals surface area contributed by atoms with Gasteiger partial charge in [0.15, 0.2) is 11.9 Å². The van der Waals surface area contributed by atoms with Crippen LogP contribution in [-0.4, -0.2) is 16.2 Å². The van der Waals surface area contributed by atoms with Crippen molar-refractivity contribution in [2.24, 2.45) is 0 Å². The summed E-state index contributed by atoms with van der Waals surface area (Å²) in [6.45, 7) is 5.57. The molecular formula is C26H27ClN2O2. The number of hydrogen-bond acceptors (Lipinski definition) is 3. The summed E-state index contributed by atoms with van der Waals surface area (Å²) in [5.74, 6) is 2.65. The topological polar surface area (TPSA) is 36.3 Å². The third-order valence-electron chi connectivity index (χ3n) is 5.28. The Morgan fingerprint density at radius 3 is 2.52 bits per heavy atom. The number of nitrogens with zero attached hydrogens (tertiary/aromatic N) is 2. The zero-order valence-corrected chi connectivity index (χ0v) is 18.7. The maximum atomic E-state index is 6.16. The molecule has 0 saturated heterocycles. The summed E-state index contributed by atoms with van der Waals surface area (Å²) in [4.78, 5) is 4.87. The van der Waals surface area contributed by atoms with Crippen molar-refractivity contribution in [3.63, 3.8) is 0 Å². The second kappa shape index (κ2) is 9.88. The van der Waals surface area contributed by atoms with Crippen LogP contribution in [0.1, 0.15) is 37.3 Å². The molecule has 0 spiro atoms. The first kappa shape index (κ1) is 21.3. The Morgan fingerprint density at radius 2 is 1.71 bits per heavy atom. The average Bonchev–Trinajstić information content (AvgIpc) is 3.15. The number of benzene rings is 3. The maximum Gasteiger partial charge on any atom is 0.153 e. The number of aryl methyl sites for hydroxylation is 2. The minimum Gasteiger partial charge on any atom is -0.494 e. The molecule has 1 heterocycles. The lowest BCUT2D eigenvalue weighted by atomic mass is 10.2. The molecule has 0 N–H and O–H groups in total.